The molecule has 122 valence electrons. The van der Waals surface area contributed by atoms with E-state index in [1.807, 2.05) is 0 Å². The summed E-state index contributed by atoms with van der Waals surface area (Å²) >= 11 is 0. The lowest BCUT2D eigenvalue weighted by Gasteiger charge is -2.16. The van der Waals surface area contributed by atoms with Gasteiger partial charge in [0.05, 0.1) is 26.1 Å². The molecule has 1 atom stereocenters. The summed E-state index contributed by atoms with van der Waals surface area (Å²) in [5.41, 5.74) is 1.10. The van der Waals surface area contributed by atoms with Crippen LogP contribution in [0, 0.1) is 0 Å². The number of ether oxygens (including phenoxy) is 2. The van der Waals surface area contributed by atoms with Gasteiger partial charge in [-0.1, -0.05) is 0 Å². The van der Waals surface area contributed by atoms with Gasteiger partial charge in [0.25, 0.3) is 0 Å². The van der Waals surface area contributed by atoms with Gasteiger partial charge in [0, 0.05) is 18.3 Å². The number of rotatable bonds is 6. The SMILES string of the molecule is COc1ccc(OC)c(C(O)CNC(=O)Nc2cccnc2)c1. The minimum absolute atomic E-state index is 0.0234. The zero-order chi connectivity index (χ0) is 16.7. The Morgan fingerprint density at radius 2 is 2.13 bits per heavy atom. The van der Waals surface area contributed by atoms with Crippen molar-refractivity contribution in [3.63, 3.8) is 0 Å². The minimum atomic E-state index is -0.931. The molecule has 0 spiro atoms. The van der Waals surface area contributed by atoms with Crippen molar-refractivity contribution in [1.29, 1.82) is 0 Å². The zero-order valence-corrected chi connectivity index (χ0v) is 12.9. The van der Waals surface area contributed by atoms with E-state index in [0.717, 1.165) is 0 Å². The predicted octanol–water partition coefficient (Wildman–Crippen LogP) is 1.95. The lowest BCUT2D eigenvalue weighted by atomic mass is 10.1. The Bertz CT molecular complexity index is 649. The number of nitrogens with one attached hydrogen (secondary N) is 2. The monoisotopic (exact) mass is 317 g/mol. The van der Waals surface area contributed by atoms with Gasteiger partial charge in [-0.05, 0) is 30.3 Å². The average molecular weight is 317 g/mol. The second-order valence-corrected chi connectivity index (χ2v) is 4.70. The maximum atomic E-state index is 11.8. The number of amides is 2. The van der Waals surface area contributed by atoms with Crippen LogP contribution in [0.2, 0.25) is 0 Å². The number of carbonyl (C=O) groups is 1. The van der Waals surface area contributed by atoms with E-state index in [4.69, 9.17) is 9.47 Å². The zero-order valence-electron chi connectivity index (χ0n) is 12.9. The van der Waals surface area contributed by atoms with E-state index in [1.54, 1.807) is 36.5 Å². The summed E-state index contributed by atoms with van der Waals surface area (Å²) in [4.78, 5) is 15.7. The van der Waals surface area contributed by atoms with Crippen molar-refractivity contribution in [1.82, 2.24) is 10.3 Å². The van der Waals surface area contributed by atoms with Gasteiger partial charge in [-0.3, -0.25) is 4.98 Å². The predicted molar refractivity (Wildman–Crippen MR) is 85.8 cm³/mol. The molecule has 0 aliphatic carbocycles. The number of carbonyl (C=O) groups excluding carboxylic acids is 1. The maximum absolute atomic E-state index is 11.8. The van der Waals surface area contributed by atoms with Crippen LogP contribution in [0.4, 0.5) is 10.5 Å². The third-order valence-electron chi connectivity index (χ3n) is 3.17. The molecule has 1 aromatic carbocycles. The van der Waals surface area contributed by atoms with Crippen LogP contribution < -0.4 is 20.1 Å². The third kappa shape index (κ3) is 4.58. The summed E-state index contributed by atoms with van der Waals surface area (Å²) < 4.78 is 10.4. The van der Waals surface area contributed by atoms with Gasteiger partial charge in [-0.2, -0.15) is 0 Å². The quantitative estimate of drug-likeness (QED) is 0.757. The summed E-state index contributed by atoms with van der Waals surface area (Å²) in [6.45, 7) is 0.0234. The fraction of sp³-hybridized carbons (Fsp3) is 0.250. The van der Waals surface area contributed by atoms with Crippen LogP contribution in [0.1, 0.15) is 11.7 Å². The van der Waals surface area contributed by atoms with Gasteiger partial charge in [-0.15, -0.1) is 0 Å². The molecule has 23 heavy (non-hydrogen) atoms. The third-order valence-corrected chi connectivity index (χ3v) is 3.17. The highest BCUT2D eigenvalue weighted by atomic mass is 16.5. The van der Waals surface area contributed by atoms with Crippen molar-refractivity contribution in [2.75, 3.05) is 26.1 Å². The topological polar surface area (TPSA) is 92.7 Å². The number of urea groups is 1. The van der Waals surface area contributed by atoms with Crippen molar-refractivity contribution in [2.24, 2.45) is 0 Å². The summed E-state index contributed by atoms with van der Waals surface area (Å²) in [5, 5.41) is 15.5. The molecule has 0 aliphatic heterocycles. The lowest BCUT2D eigenvalue weighted by Crippen LogP contribution is -2.32. The Labute approximate surface area is 134 Å². The highest BCUT2D eigenvalue weighted by molar-refractivity contribution is 5.88. The van der Waals surface area contributed by atoms with Crippen LogP contribution >= 0.6 is 0 Å². The Morgan fingerprint density at radius 3 is 2.78 bits per heavy atom. The molecule has 0 bridgehead atoms. The summed E-state index contributed by atoms with van der Waals surface area (Å²) in [6.07, 6.45) is 2.21. The second-order valence-electron chi connectivity index (χ2n) is 4.70. The molecule has 0 fully saturated rings. The standard InChI is InChI=1S/C16H19N3O4/c1-22-12-5-6-15(23-2)13(8-12)14(20)10-18-16(21)19-11-4-3-7-17-9-11/h3-9,14,20H,10H2,1-2H3,(H2,18,19,21). The molecular weight excluding hydrogens is 298 g/mol. The Kier molecular flexibility index (Phi) is 5.76. The van der Waals surface area contributed by atoms with Crippen LogP contribution in [0.3, 0.4) is 0 Å². The number of benzene rings is 1. The first-order valence-corrected chi connectivity index (χ1v) is 6.99. The van der Waals surface area contributed by atoms with E-state index in [0.29, 0.717) is 22.7 Å². The van der Waals surface area contributed by atoms with Gasteiger partial charge >= 0.3 is 6.03 Å². The lowest BCUT2D eigenvalue weighted by molar-refractivity contribution is 0.170. The number of aromatic nitrogens is 1. The van der Waals surface area contributed by atoms with E-state index >= 15 is 0 Å². The van der Waals surface area contributed by atoms with E-state index in [2.05, 4.69) is 15.6 Å². The van der Waals surface area contributed by atoms with E-state index < -0.39 is 12.1 Å². The average Bonchev–Trinajstić information content (AvgIpc) is 2.60. The number of pyridine rings is 1. The van der Waals surface area contributed by atoms with Crippen molar-refractivity contribution in [2.45, 2.75) is 6.10 Å². The molecule has 1 unspecified atom stereocenters. The van der Waals surface area contributed by atoms with E-state index in [9.17, 15) is 9.90 Å². The summed E-state index contributed by atoms with van der Waals surface area (Å²) in [6, 6.07) is 8.10. The largest absolute Gasteiger partial charge is 0.497 e. The van der Waals surface area contributed by atoms with Gasteiger partial charge in [-0.25, -0.2) is 4.79 Å². The molecule has 1 heterocycles. The molecule has 0 saturated carbocycles. The fourth-order valence-electron chi connectivity index (χ4n) is 2.01. The molecule has 0 radical (unpaired) electrons. The van der Waals surface area contributed by atoms with Crippen LogP contribution in [-0.4, -0.2) is 36.9 Å². The second kappa shape index (κ2) is 8.00. The molecule has 1 aromatic heterocycles. The number of hydrogen-bond acceptors (Lipinski definition) is 5. The number of hydrogen-bond donors (Lipinski definition) is 3. The normalized spacial score (nSPS) is 11.4. The van der Waals surface area contributed by atoms with E-state index in [1.165, 1.54) is 20.4 Å². The maximum Gasteiger partial charge on any atom is 0.319 e. The molecule has 2 rings (SSSR count). The molecule has 3 N–H and O–H groups in total. The molecule has 7 heteroatoms. The van der Waals surface area contributed by atoms with E-state index in [-0.39, 0.29) is 6.54 Å². The first-order valence-electron chi connectivity index (χ1n) is 6.99. The smallest absolute Gasteiger partial charge is 0.319 e. The summed E-state index contributed by atoms with van der Waals surface area (Å²) in [7, 11) is 3.05. The van der Waals surface area contributed by atoms with Gasteiger partial charge < -0.3 is 25.2 Å². The van der Waals surface area contributed by atoms with Crippen molar-refractivity contribution in [3.05, 3.63) is 48.3 Å². The molecular formula is C16H19N3O4. The Balaban J connectivity index is 1.96. The molecule has 0 aliphatic rings. The highest BCUT2D eigenvalue weighted by Crippen LogP contribution is 2.29. The van der Waals surface area contributed by atoms with Crippen LogP contribution in [0.5, 0.6) is 11.5 Å². The first kappa shape index (κ1) is 16.6. The molecule has 7 nitrogen and oxygen atoms in total. The van der Waals surface area contributed by atoms with Crippen molar-refractivity contribution >= 4 is 11.7 Å². The number of methoxy groups -OCH3 is 2. The molecule has 2 amide bonds. The Morgan fingerprint density at radius 1 is 1.30 bits per heavy atom. The van der Waals surface area contributed by atoms with Crippen LogP contribution in [0.25, 0.3) is 0 Å². The summed E-state index contributed by atoms with van der Waals surface area (Å²) in [5.74, 6) is 1.12. The molecule has 0 saturated heterocycles. The Hall–Kier alpha value is -2.80. The number of aliphatic hydroxyl groups is 1. The number of aliphatic hydroxyl groups excluding tert-OH is 1. The number of nitrogens with zero attached hydrogens (tertiary/aromatic N) is 1. The first-order chi connectivity index (χ1) is 11.1. The van der Waals surface area contributed by atoms with Gasteiger partial charge in [0.15, 0.2) is 0 Å². The minimum Gasteiger partial charge on any atom is -0.497 e. The highest BCUT2D eigenvalue weighted by Gasteiger charge is 2.15. The fourth-order valence-corrected chi connectivity index (χ4v) is 2.01. The molecule has 2 aromatic rings. The number of anilines is 1. The van der Waals surface area contributed by atoms with Crippen LogP contribution in [0.15, 0.2) is 42.7 Å². The van der Waals surface area contributed by atoms with Gasteiger partial charge in [0.2, 0.25) is 0 Å². The van der Waals surface area contributed by atoms with Crippen molar-refractivity contribution < 1.29 is 19.4 Å². The van der Waals surface area contributed by atoms with Crippen molar-refractivity contribution in [3.8, 4) is 11.5 Å². The van der Waals surface area contributed by atoms with Gasteiger partial charge in [0.1, 0.15) is 17.6 Å². The van der Waals surface area contributed by atoms with Crippen LogP contribution in [-0.2, 0) is 0 Å².